The minimum atomic E-state index is 0.0915. The van der Waals surface area contributed by atoms with Gasteiger partial charge in [0.2, 0.25) is 0 Å². The van der Waals surface area contributed by atoms with E-state index in [2.05, 4.69) is 15.1 Å². The summed E-state index contributed by atoms with van der Waals surface area (Å²) in [4.78, 5) is 18.2. The molecule has 0 atom stereocenters. The number of aromatic nitrogens is 2. The van der Waals surface area contributed by atoms with E-state index in [1.807, 2.05) is 15.9 Å². The van der Waals surface area contributed by atoms with Gasteiger partial charge >= 0.3 is 6.03 Å². The summed E-state index contributed by atoms with van der Waals surface area (Å²) in [6.07, 6.45) is 0. The Morgan fingerprint density at radius 1 is 1.05 bits per heavy atom. The van der Waals surface area contributed by atoms with Crippen molar-refractivity contribution in [1.29, 1.82) is 5.26 Å². The number of morpholine rings is 1. The number of urea groups is 1. The zero-order valence-electron chi connectivity index (χ0n) is 12.3. The minimum absolute atomic E-state index is 0.0915. The molecule has 0 saturated carbocycles. The Labute approximate surface area is 128 Å². The molecule has 0 N–H and O–H groups in total. The number of amides is 2. The lowest BCUT2D eigenvalue weighted by molar-refractivity contribution is 0.0428. The Morgan fingerprint density at radius 3 is 2.32 bits per heavy atom. The van der Waals surface area contributed by atoms with Gasteiger partial charge in [-0.05, 0) is 12.1 Å². The SMILES string of the molecule is N#Cc1ccc(N2CCN(C(=O)N3CCOCC3)CC2)nn1. The molecule has 0 bridgehead atoms. The van der Waals surface area contributed by atoms with Gasteiger partial charge in [-0.2, -0.15) is 5.26 Å². The molecule has 0 unspecified atom stereocenters. The van der Waals surface area contributed by atoms with Gasteiger partial charge in [-0.25, -0.2) is 4.79 Å². The average molecular weight is 302 g/mol. The maximum Gasteiger partial charge on any atom is 0.320 e. The van der Waals surface area contributed by atoms with Crippen molar-refractivity contribution in [2.24, 2.45) is 0 Å². The molecule has 22 heavy (non-hydrogen) atoms. The fourth-order valence-electron chi connectivity index (χ4n) is 2.63. The summed E-state index contributed by atoms with van der Waals surface area (Å²) in [6, 6.07) is 5.50. The lowest BCUT2D eigenvalue weighted by atomic mass is 10.3. The van der Waals surface area contributed by atoms with Crippen molar-refractivity contribution < 1.29 is 9.53 Å². The quantitative estimate of drug-likeness (QED) is 0.721. The van der Waals surface area contributed by atoms with Crippen molar-refractivity contribution in [2.75, 3.05) is 57.4 Å². The van der Waals surface area contributed by atoms with Gasteiger partial charge in [-0.1, -0.05) is 0 Å². The highest BCUT2D eigenvalue weighted by Crippen LogP contribution is 2.14. The Kier molecular flexibility index (Phi) is 4.34. The molecule has 1 aromatic rings. The van der Waals surface area contributed by atoms with E-state index in [1.54, 1.807) is 12.1 Å². The summed E-state index contributed by atoms with van der Waals surface area (Å²) >= 11 is 0. The first-order valence-corrected chi connectivity index (χ1v) is 7.38. The van der Waals surface area contributed by atoms with Gasteiger partial charge in [0.25, 0.3) is 0 Å². The molecule has 2 aliphatic rings. The number of hydrogen-bond donors (Lipinski definition) is 0. The van der Waals surface area contributed by atoms with Crippen LogP contribution in [-0.2, 0) is 4.74 Å². The van der Waals surface area contributed by atoms with E-state index in [1.165, 1.54) is 0 Å². The highest BCUT2D eigenvalue weighted by Gasteiger charge is 2.26. The van der Waals surface area contributed by atoms with E-state index in [4.69, 9.17) is 10.00 Å². The van der Waals surface area contributed by atoms with Gasteiger partial charge in [-0.15, -0.1) is 10.2 Å². The van der Waals surface area contributed by atoms with Crippen LogP contribution < -0.4 is 4.90 Å². The largest absolute Gasteiger partial charge is 0.378 e. The molecule has 0 radical (unpaired) electrons. The number of carbonyl (C=O) groups is 1. The molecular weight excluding hydrogens is 284 g/mol. The van der Waals surface area contributed by atoms with Crippen LogP contribution in [0.1, 0.15) is 5.69 Å². The molecular formula is C14H18N6O2. The van der Waals surface area contributed by atoms with Crippen LogP contribution in [-0.4, -0.2) is 78.5 Å². The van der Waals surface area contributed by atoms with Crippen LogP contribution in [0, 0.1) is 11.3 Å². The van der Waals surface area contributed by atoms with E-state index in [9.17, 15) is 4.79 Å². The third-order valence-corrected chi connectivity index (χ3v) is 3.92. The maximum atomic E-state index is 12.4. The molecule has 2 aliphatic heterocycles. The molecule has 2 saturated heterocycles. The Bertz CT molecular complexity index is 556. The molecule has 2 fully saturated rings. The van der Waals surface area contributed by atoms with Crippen LogP contribution in [0.25, 0.3) is 0 Å². The second-order valence-corrected chi connectivity index (χ2v) is 5.24. The fraction of sp³-hybridized carbons (Fsp3) is 0.571. The van der Waals surface area contributed by atoms with E-state index in [0.717, 1.165) is 18.9 Å². The number of carbonyl (C=O) groups excluding carboxylic acids is 1. The van der Waals surface area contributed by atoms with E-state index < -0.39 is 0 Å². The molecule has 2 amide bonds. The highest BCUT2D eigenvalue weighted by molar-refractivity contribution is 5.75. The van der Waals surface area contributed by atoms with Gasteiger partial charge in [-0.3, -0.25) is 0 Å². The standard InChI is InChI=1S/C14H18N6O2/c15-11-12-1-2-13(17-16-12)18-3-5-19(6-4-18)14(21)20-7-9-22-10-8-20/h1-2H,3-10H2. The van der Waals surface area contributed by atoms with Crippen LogP contribution in [0.3, 0.4) is 0 Å². The van der Waals surface area contributed by atoms with Crippen molar-refractivity contribution in [2.45, 2.75) is 0 Å². The van der Waals surface area contributed by atoms with Crippen LogP contribution >= 0.6 is 0 Å². The second kappa shape index (κ2) is 6.58. The first-order chi connectivity index (χ1) is 10.8. The average Bonchev–Trinajstić information content (AvgIpc) is 2.62. The third-order valence-electron chi connectivity index (χ3n) is 3.92. The number of anilines is 1. The molecule has 3 heterocycles. The number of nitriles is 1. The van der Waals surface area contributed by atoms with Crippen LogP contribution in [0.4, 0.5) is 10.6 Å². The predicted molar refractivity (Wildman–Crippen MR) is 78.3 cm³/mol. The summed E-state index contributed by atoms with van der Waals surface area (Å²) in [5.41, 5.74) is 0.310. The molecule has 0 aromatic carbocycles. The Hall–Kier alpha value is -2.40. The third kappa shape index (κ3) is 3.09. The smallest absolute Gasteiger partial charge is 0.320 e. The van der Waals surface area contributed by atoms with Gasteiger partial charge in [0.15, 0.2) is 11.5 Å². The summed E-state index contributed by atoms with van der Waals surface area (Å²) < 4.78 is 5.27. The van der Waals surface area contributed by atoms with E-state index >= 15 is 0 Å². The van der Waals surface area contributed by atoms with Crippen molar-refractivity contribution in [3.05, 3.63) is 17.8 Å². The Morgan fingerprint density at radius 2 is 1.73 bits per heavy atom. The van der Waals surface area contributed by atoms with Crippen molar-refractivity contribution in [1.82, 2.24) is 20.0 Å². The van der Waals surface area contributed by atoms with Crippen molar-refractivity contribution in [3.8, 4) is 6.07 Å². The van der Waals surface area contributed by atoms with E-state index in [-0.39, 0.29) is 6.03 Å². The van der Waals surface area contributed by atoms with Gasteiger partial charge in [0.1, 0.15) is 6.07 Å². The van der Waals surface area contributed by atoms with Crippen molar-refractivity contribution in [3.63, 3.8) is 0 Å². The predicted octanol–water partition coefficient (Wildman–Crippen LogP) is -0.0775. The normalized spacial score (nSPS) is 19.0. The van der Waals surface area contributed by atoms with Gasteiger partial charge in [0, 0.05) is 39.3 Å². The maximum absolute atomic E-state index is 12.4. The number of hydrogen-bond acceptors (Lipinski definition) is 6. The first-order valence-electron chi connectivity index (χ1n) is 7.38. The zero-order chi connectivity index (χ0) is 15.4. The van der Waals surface area contributed by atoms with Crippen LogP contribution in [0.15, 0.2) is 12.1 Å². The number of nitrogens with zero attached hydrogens (tertiary/aromatic N) is 6. The van der Waals surface area contributed by atoms with E-state index in [0.29, 0.717) is 45.1 Å². The van der Waals surface area contributed by atoms with Crippen LogP contribution in [0.5, 0.6) is 0 Å². The monoisotopic (exact) mass is 302 g/mol. The molecule has 1 aromatic heterocycles. The van der Waals surface area contributed by atoms with Gasteiger partial charge in [0.05, 0.1) is 13.2 Å². The molecule has 0 aliphatic carbocycles. The topological polar surface area (TPSA) is 85.6 Å². The number of piperazine rings is 1. The summed E-state index contributed by atoms with van der Waals surface area (Å²) in [5, 5.41) is 16.6. The first kappa shape index (κ1) is 14.5. The second-order valence-electron chi connectivity index (χ2n) is 5.24. The Balaban J connectivity index is 1.55. The molecule has 3 rings (SSSR count). The van der Waals surface area contributed by atoms with Crippen LogP contribution in [0.2, 0.25) is 0 Å². The minimum Gasteiger partial charge on any atom is -0.378 e. The lowest BCUT2D eigenvalue weighted by Gasteiger charge is -2.38. The van der Waals surface area contributed by atoms with Gasteiger partial charge < -0.3 is 19.4 Å². The number of ether oxygens (including phenoxy) is 1. The van der Waals surface area contributed by atoms with Crippen molar-refractivity contribution >= 4 is 11.8 Å². The summed E-state index contributed by atoms with van der Waals surface area (Å²) in [7, 11) is 0. The molecule has 8 heteroatoms. The summed E-state index contributed by atoms with van der Waals surface area (Å²) in [6.45, 7) is 5.34. The zero-order valence-corrected chi connectivity index (χ0v) is 12.3. The molecule has 116 valence electrons. The summed E-state index contributed by atoms with van der Waals surface area (Å²) in [5.74, 6) is 0.748. The molecule has 0 spiro atoms. The highest BCUT2D eigenvalue weighted by atomic mass is 16.5. The number of rotatable bonds is 1. The lowest BCUT2D eigenvalue weighted by Crippen LogP contribution is -2.55. The molecule has 8 nitrogen and oxygen atoms in total. The fourth-order valence-corrected chi connectivity index (χ4v) is 2.63.